The molecule has 0 radical (unpaired) electrons. The zero-order valence-electron chi connectivity index (χ0n) is 23.2. The third-order valence-electron chi connectivity index (χ3n) is 7.62. The van der Waals surface area contributed by atoms with Gasteiger partial charge in [-0.05, 0) is 48.5 Å². The lowest BCUT2D eigenvalue weighted by Crippen LogP contribution is -2.53. The molecule has 0 atom stereocenters. The van der Waals surface area contributed by atoms with Gasteiger partial charge in [0.2, 0.25) is 17.9 Å². The lowest BCUT2D eigenvalue weighted by atomic mass is 9.97. The van der Waals surface area contributed by atoms with E-state index < -0.39 is 0 Å². The minimum Gasteiger partial charge on any atom is -0.378 e. The Bertz CT molecular complexity index is 1250. The SMILES string of the molecule is CC(=O)N1CCN2CCN(C(C)=O)c3c[n+](C(c4ccc(N(C)C)cc4)c4ccc(N(C)C)cc4)cc1c32. The van der Waals surface area contributed by atoms with E-state index in [9.17, 15) is 9.59 Å². The van der Waals surface area contributed by atoms with Gasteiger partial charge in [-0.2, -0.15) is 4.57 Å². The lowest BCUT2D eigenvalue weighted by Gasteiger charge is -2.43. The van der Waals surface area contributed by atoms with Crippen molar-refractivity contribution in [2.75, 3.05) is 78.9 Å². The minimum atomic E-state index is -0.149. The Morgan fingerprint density at radius 3 is 1.42 bits per heavy atom. The molecule has 0 aliphatic carbocycles. The molecule has 3 heterocycles. The zero-order valence-corrected chi connectivity index (χ0v) is 23.2. The average molecular weight is 514 g/mol. The predicted octanol–water partition coefficient (Wildman–Crippen LogP) is 3.28. The molecule has 38 heavy (non-hydrogen) atoms. The Labute approximate surface area is 225 Å². The molecule has 0 unspecified atom stereocenters. The summed E-state index contributed by atoms with van der Waals surface area (Å²) in [4.78, 5) is 35.6. The molecule has 2 amide bonds. The van der Waals surface area contributed by atoms with Gasteiger partial charge in [-0.15, -0.1) is 0 Å². The van der Waals surface area contributed by atoms with Crippen molar-refractivity contribution in [3.05, 3.63) is 72.1 Å². The highest BCUT2D eigenvalue weighted by Gasteiger charge is 2.38. The van der Waals surface area contributed by atoms with Crippen LogP contribution in [0.3, 0.4) is 0 Å². The zero-order chi connectivity index (χ0) is 27.1. The fourth-order valence-corrected chi connectivity index (χ4v) is 5.56. The highest BCUT2D eigenvalue weighted by molar-refractivity contribution is 6.03. The van der Waals surface area contributed by atoms with Crippen molar-refractivity contribution in [3.8, 4) is 0 Å². The number of carbonyl (C=O) groups excluding carboxylic acids is 2. The first-order chi connectivity index (χ1) is 18.2. The fraction of sp³-hybridized carbons (Fsp3) is 0.367. The molecule has 0 spiro atoms. The van der Waals surface area contributed by atoms with Crippen LogP contribution in [0.5, 0.6) is 0 Å². The molecule has 198 valence electrons. The normalized spacial score (nSPS) is 14.4. The number of amides is 2. The molecular weight excluding hydrogens is 476 g/mol. The number of hydrogen-bond donors (Lipinski definition) is 0. The Kier molecular flexibility index (Phi) is 6.73. The van der Waals surface area contributed by atoms with Crippen LogP contribution < -0.4 is 29.1 Å². The Balaban J connectivity index is 1.73. The first-order valence-corrected chi connectivity index (χ1v) is 13.1. The van der Waals surface area contributed by atoms with Gasteiger partial charge in [-0.25, -0.2) is 0 Å². The molecule has 0 N–H and O–H groups in total. The Morgan fingerprint density at radius 2 is 1.08 bits per heavy atom. The van der Waals surface area contributed by atoms with E-state index in [1.165, 1.54) is 0 Å². The van der Waals surface area contributed by atoms with Crippen LogP contribution in [0.4, 0.5) is 28.4 Å². The van der Waals surface area contributed by atoms with Crippen molar-refractivity contribution in [2.24, 2.45) is 0 Å². The van der Waals surface area contributed by atoms with Gasteiger partial charge in [0, 0.05) is 90.7 Å². The number of carbonyl (C=O) groups is 2. The maximum absolute atomic E-state index is 12.7. The van der Waals surface area contributed by atoms with Gasteiger partial charge in [0.25, 0.3) is 0 Å². The van der Waals surface area contributed by atoms with Crippen LogP contribution >= 0.6 is 0 Å². The van der Waals surface area contributed by atoms with Gasteiger partial charge in [-0.1, -0.05) is 0 Å². The fourth-order valence-electron chi connectivity index (χ4n) is 5.56. The summed E-state index contributed by atoms with van der Waals surface area (Å²) in [5.41, 5.74) is 7.17. The molecule has 2 aromatic carbocycles. The van der Waals surface area contributed by atoms with Gasteiger partial charge in [0.1, 0.15) is 11.4 Å². The first kappa shape index (κ1) is 25.6. The summed E-state index contributed by atoms with van der Waals surface area (Å²) < 4.78 is 2.17. The number of pyridine rings is 1. The second kappa shape index (κ2) is 10.0. The van der Waals surface area contributed by atoms with E-state index in [1.807, 2.05) is 38.0 Å². The molecule has 5 rings (SSSR count). The van der Waals surface area contributed by atoms with Crippen LogP contribution in [-0.4, -0.2) is 66.2 Å². The first-order valence-electron chi connectivity index (χ1n) is 13.1. The molecule has 2 aliphatic heterocycles. The van der Waals surface area contributed by atoms with E-state index in [-0.39, 0.29) is 17.9 Å². The van der Waals surface area contributed by atoms with Crippen molar-refractivity contribution >= 4 is 40.3 Å². The summed E-state index contributed by atoms with van der Waals surface area (Å²) in [6, 6.07) is 17.0. The number of nitrogens with zero attached hydrogens (tertiary/aromatic N) is 6. The van der Waals surface area contributed by atoms with E-state index in [4.69, 9.17) is 0 Å². The van der Waals surface area contributed by atoms with Crippen LogP contribution in [0.1, 0.15) is 31.0 Å². The maximum Gasteiger partial charge on any atom is 0.224 e. The van der Waals surface area contributed by atoms with Gasteiger partial charge in [0.05, 0.1) is 5.69 Å². The summed E-state index contributed by atoms with van der Waals surface area (Å²) in [5.74, 6) is 0.0125. The van der Waals surface area contributed by atoms with E-state index in [1.54, 1.807) is 13.8 Å². The monoisotopic (exact) mass is 513 g/mol. The highest BCUT2D eigenvalue weighted by atomic mass is 16.2. The molecule has 3 aromatic rings. The van der Waals surface area contributed by atoms with Crippen LogP contribution in [0.15, 0.2) is 60.9 Å². The number of hydrogen-bond acceptors (Lipinski definition) is 5. The van der Waals surface area contributed by atoms with Crippen molar-refractivity contribution in [3.63, 3.8) is 0 Å². The average Bonchev–Trinajstić information content (AvgIpc) is 2.89. The van der Waals surface area contributed by atoms with Crippen molar-refractivity contribution in [1.29, 1.82) is 0 Å². The molecular formula is C30H37N6O2+. The Morgan fingerprint density at radius 1 is 0.684 bits per heavy atom. The van der Waals surface area contributed by atoms with E-state index in [0.717, 1.165) is 52.7 Å². The quantitative estimate of drug-likeness (QED) is 0.490. The van der Waals surface area contributed by atoms with E-state index >= 15 is 0 Å². The number of benzene rings is 2. The second-order valence-corrected chi connectivity index (χ2v) is 10.5. The number of rotatable bonds is 5. The molecule has 0 saturated carbocycles. The summed E-state index contributed by atoms with van der Waals surface area (Å²) in [7, 11) is 8.14. The Hall–Kier alpha value is -4.07. The molecule has 2 aliphatic rings. The van der Waals surface area contributed by atoms with E-state index in [2.05, 4.69) is 80.2 Å². The lowest BCUT2D eigenvalue weighted by molar-refractivity contribution is -0.703. The third-order valence-corrected chi connectivity index (χ3v) is 7.62. The van der Waals surface area contributed by atoms with Gasteiger partial charge >= 0.3 is 0 Å². The topological polar surface area (TPSA) is 54.2 Å². The van der Waals surface area contributed by atoms with Crippen molar-refractivity contribution < 1.29 is 14.2 Å². The molecule has 0 bridgehead atoms. The largest absolute Gasteiger partial charge is 0.378 e. The number of anilines is 5. The van der Waals surface area contributed by atoms with Crippen LogP contribution in [-0.2, 0) is 9.59 Å². The van der Waals surface area contributed by atoms with Crippen molar-refractivity contribution in [1.82, 2.24) is 0 Å². The molecule has 0 fully saturated rings. The molecule has 0 saturated heterocycles. The minimum absolute atomic E-state index is 0.00627. The second-order valence-electron chi connectivity index (χ2n) is 10.5. The van der Waals surface area contributed by atoms with Gasteiger partial charge in [-0.3, -0.25) is 9.59 Å². The smallest absolute Gasteiger partial charge is 0.224 e. The summed E-state index contributed by atoms with van der Waals surface area (Å²) >= 11 is 0. The van der Waals surface area contributed by atoms with Crippen LogP contribution in [0.2, 0.25) is 0 Å². The van der Waals surface area contributed by atoms with Crippen LogP contribution in [0.25, 0.3) is 0 Å². The molecule has 1 aromatic heterocycles. The maximum atomic E-state index is 12.7. The summed E-state index contributed by atoms with van der Waals surface area (Å²) in [6.45, 7) is 6.01. The molecule has 8 nitrogen and oxygen atoms in total. The van der Waals surface area contributed by atoms with Crippen LogP contribution in [0, 0.1) is 0 Å². The third kappa shape index (κ3) is 4.55. The summed E-state index contributed by atoms with van der Waals surface area (Å²) in [6.07, 6.45) is 4.17. The van der Waals surface area contributed by atoms with E-state index in [0.29, 0.717) is 13.1 Å². The highest BCUT2D eigenvalue weighted by Crippen LogP contribution is 2.43. The molecule has 8 heteroatoms. The predicted molar refractivity (Wildman–Crippen MR) is 154 cm³/mol. The standard InChI is InChI=1S/C30H37N6O2/c1-21(37)35-17-15-33-16-18-36(22(2)38)28-20-34(19-27(35)30(28)33)29(23-7-11-25(12-8-23)31(3)4)24-9-13-26(14-10-24)32(5)6/h7-14,19-20,29H,15-18H2,1-6H3/q+1. The summed E-state index contributed by atoms with van der Waals surface area (Å²) in [5, 5.41) is 0. The van der Waals surface area contributed by atoms with Gasteiger partial charge < -0.3 is 24.5 Å². The van der Waals surface area contributed by atoms with Crippen molar-refractivity contribution in [2.45, 2.75) is 19.9 Å². The van der Waals surface area contributed by atoms with Gasteiger partial charge in [0.15, 0.2) is 12.4 Å². The number of aromatic nitrogens is 1.